The molecule has 0 aliphatic carbocycles. The predicted octanol–water partition coefficient (Wildman–Crippen LogP) is -12.3. The van der Waals surface area contributed by atoms with Crippen molar-refractivity contribution in [1.82, 2.24) is 0 Å². The summed E-state index contributed by atoms with van der Waals surface area (Å²) < 4.78 is 68.2. The Morgan fingerprint density at radius 1 is 0.609 bits per heavy atom. The van der Waals surface area contributed by atoms with E-state index in [1.165, 1.54) is 0 Å². The van der Waals surface area contributed by atoms with Crippen LogP contribution in [-0.2, 0) is 70.0 Å². The van der Waals surface area contributed by atoms with Crippen LogP contribution >= 0.6 is 0 Å². The first-order valence-corrected chi connectivity index (χ1v) is 5.73. The molecule has 0 aliphatic rings. The second-order valence-electron chi connectivity index (χ2n) is 1.82. The molecule has 144 valence electrons. The minimum atomic E-state index is -5.17. The maximum absolute atomic E-state index is 8.52. The van der Waals surface area contributed by atoms with Gasteiger partial charge in [-0.1, -0.05) is 0 Å². The smallest absolute Gasteiger partial charge is 0.759 e. The van der Waals surface area contributed by atoms with E-state index >= 15 is 0 Å². The van der Waals surface area contributed by atoms with Crippen LogP contribution in [0.4, 0.5) is 0 Å². The van der Waals surface area contributed by atoms with E-state index in [1.807, 2.05) is 0 Å². The summed E-state index contributed by atoms with van der Waals surface area (Å²) in [5.41, 5.74) is 18.3. The van der Waals surface area contributed by atoms with Crippen molar-refractivity contribution >= 4 is 32.7 Å². The number of nitrogens with two attached hydrogens (primary N) is 6. The first-order chi connectivity index (χ1) is 7.46. The molecular formula is C2H24CdN6O12S2+4. The molecule has 0 atom stereocenters. The van der Waals surface area contributed by atoms with E-state index in [4.69, 9.17) is 35.0 Å². The Morgan fingerprint density at radius 2 is 0.609 bits per heavy atom. The number of hydrogen-bond donors (Lipinski definition) is 6. The largest absolute Gasteiger partial charge is 2.00 e. The quantitative estimate of drug-likeness (QED) is 0.0450. The summed E-state index contributed by atoms with van der Waals surface area (Å²) in [6, 6.07) is 0. The zero-order valence-corrected chi connectivity index (χ0v) is 17.2. The summed E-state index contributed by atoms with van der Waals surface area (Å²) in [6.07, 6.45) is 0. The summed E-state index contributed by atoms with van der Waals surface area (Å²) >= 11 is 0. The fourth-order valence-electron chi connectivity index (χ4n) is 0. The van der Waals surface area contributed by atoms with E-state index in [0.29, 0.717) is 0 Å². The van der Waals surface area contributed by atoms with Crippen LogP contribution in [0.1, 0.15) is 0 Å². The minimum absolute atomic E-state index is 0. The summed E-state index contributed by atoms with van der Waals surface area (Å²) in [5.74, 6) is -0.167. The number of guanidine groups is 2. The number of rotatable bonds is 0. The van der Waals surface area contributed by atoms with Gasteiger partial charge in [-0.2, -0.15) is 0 Å². The van der Waals surface area contributed by atoms with Gasteiger partial charge in [-0.15, -0.1) is 0 Å². The van der Waals surface area contributed by atoms with Crippen LogP contribution in [0.2, 0.25) is 0 Å². The molecule has 0 radical (unpaired) electrons. The SMILES string of the molecule is NC(N)=[NH2+].NC(N)=[NH2+].O=S(=O)([O-])[O-].O=S(=O)([O-])[O-].[Cd+2].[OH3+].[OH3+].[OH3+].[OH3+]. The van der Waals surface area contributed by atoms with Crippen LogP contribution in [0, 0.1) is 0 Å². The normalized spacial score (nSPS) is 7.13. The van der Waals surface area contributed by atoms with Crippen molar-refractivity contribution in [1.29, 1.82) is 0 Å². The van der Waals surface area contributed by atoms with Crippen molar-refractivity contribution in [2.24, 2.45) is 22.9 Å². The second-order valence-corrected chi connectivity index (χ2v) is 3.45. The van der Waals surface area contributed by atoms with E-state index in [2.05, 4.69) is 33.8 Å². The third-order valence-corrected chi connectivity index (χ3v) is 0. The maximum atomic E-state index is 8.52. The van der Waals surface area contributed by atoms with Gasteiger partial charge >= 0.3 is 39.2 Å². The van der Waals surface area contributed by atoms with Gasteiger partial charge in [-0.3, -0.25) is 50.6 Å². The first-order valence-electron chi connectivity index (χ1n) is 3.07. The molecule has 21 heteroatoms. The van der Waals surface area contributed by atoms with Gasteiger partial charge in [0.15, 0.2) is 0 Å². The third kappa shape index (κ3) is 8310. The fourth-order valence-corrected chi connectivity index (χ4v) is 0. The Labute approximate surface area is 150 Å². The summed E-state index contributed by atoms with van der Waals surface area (Å²) in [7, 11) is -10.3. The van der Waals surface area contributed by atoms with Gasteiger partial charge in [-0.25, -0.2) is 0 Å². The van der Waals surface area contributed by atoms with Gasteiger partial charge in [0.05, 0.1) is 0 Å². The van der Waals surface area contributed by atoms with Crippen LogP contribution < -0.4 is 33.8 Å². The molecule has 0 aromatic heterocycles. The molecule has 0 unspecified atom stereocenters. The van der Waals surface area contributed by atoms with Crippen molar-refractivity contribution in [3.63, 3.8) is 0 Å². The monoisotopic (exact) mass is 502 g/mol. The van der Waals surface area contributed by atoms with Crippen LogP contribution in [0.15, 0.2) is 0 Å². The Balaban J connectivity index is -0.0000000152. The average molecular weight is 501 g/mol. The topological polar surface area (TPSA) is 448 Å². The van der Waals surface area contributed by atoms with E-state index in [9.17, 15) is 0 Å². The minimum Gasteiger partial charge on any atom is -0.759 e. The standard InChI is InChI=1S/2CH5N3.Cd.2H2O4S.4H2O/c2*2-1(3)4;;2*1-5(2,3)4;;;;/h2*(H5,2,3,4);;2*(H2,1,2,3,4);4*1H2/q;;+2;;;;;;/p+2. The van der Waals surface area contributed by atoms with Crippen molar-refractivity contribution in [2.45, 2.75) is 0 Å². The molecule has 0 saturated carbocycles. The van der Waals surface area contributed by atoms with Crippen LogP contribution in [0.3, 0.4) is 0 Å². The zero-order valence-electron chi connectivity index (χ0n) is 11.6. The second kappa shape index (κ2) is 29.1. The average Bonchev–Trinajstić information content (AvgIpc) is 1.70. The van der Waals surface area contributed by atoms with Gasteiger partial charge in [-0.05, 0) is 0 Å². The zero-order chi connectivity index (χ0) is 16.2. The molecule has 0 rings (SSSR count). The van der Waals surface area contributed by atoms with Crippen molar-refractivity contribution < 1.29 is 95.1 Å². The van der Waals surface area contributed by atoms with Gasteiger partial charge < -0.3 is 40.1 Å². The van der Waals surface area contributed by atoms with Crippen molar-refractivity contribution in [3.8, 4) is 0 Å². The Kier molecular flexibility index (Phi) is 72.6. The molecule has 0 amide bonds. The molecule has 24 N–H and O–H groups in total. The van der Waals surface area contributed by atoms with E-state index < -0.39 is 20.8 Å². The van der Waals surface area contributed by atoms with Crippen molar-refractivity contribution in [2.75, 3.05) is 0 Å². The Hall–Kier alpha value is -0.958. The van der Waals surface area contributed by atoms with Crippen LogP contribution in [-0.4, -0.2) is 47.0 Å². The molecule has 0 aromatic rings. The van der Waals surface area contributed by atoms with Crippen molar-refractivity contribution in [3.05, 3.63) is 0 Å². The fraction of sp³-hybridized carbons (Fsp3) is 0. The Morgan fingerprint density at radius 3 is 0.609 bits per heavy atom. The molecular weight excluding hydrogens is 477 g/mol. The molecule has 0 aromatic carbocycles. The molecule has 0 heterocycles. The molecule has 0 fully saturated rings. The van der Waals surface area contributed by atoms with Gasteiger partial charge in [0.1, 0.15) is 0 Å². The van der Waals surface area contributed by atoms with E-state index in [1.54, 1.807) is 0 Å². The third-order valence-electron chi connectivity index (χ3n) is 0. The van der Waals surface area contributed by atoms with Crippen LogP contribution in [0.5, 0.6) is 0 Å². The molecule has 0 saturated heterocycles. The van der Waals surface area contributed by atoms with Gasteiger partial charge in [0.25, 0.3) is 0 Å². The molecule has 18 nitrogen and oxygen atoms in total. The summed E-state index contributed by atoms with van der Waals surface area (Å²) in [4.78, 5) is 0. The molecule has 0 bridgehead atoms. The molecule has 23 heavy (non-hydrogen) atoms. The van der Waals surface area contributed by atoms with E-state index in [-0.39, 0.29) is 61.1 Å². The molecule has 0 spiro atoms. The van der Waals surface area contributed by atoms with E-state index in [0.717, 1.165) is 0 Å². The first kappa shape index (κ1) is 57.4. The number of hydrogen-bond acceptors (Lipinski definition) is 8. The van der Waals surface area contributed by atoms with Crippen LogP contribution in [0.25, 0.3) is 0 Å². The summed E-state index contributed by atoms with van der Waals surface area (Å²) in [5, 5.41) is 9.17. The molecule has 0 aliphatic heterocycles. The maximum Gasteiger partial charge on any atom is 2.00 e. The summed E-state index contributed by atoms with van der Waals surface area (Å²) in [6.45, 7) is 0. The predicted molar refractivity (Wildman–Crippen MR) is 71.0 cm³/mol. The Bertz CT molecular complexity index is 368. The van der Waals surface area contributed by atoms with Gasteiger partial charge in [0.2, 0.25) is 0 Å². The van der Waals surface area contributed by atoms with Gasteiger partial charge in [0, 0.05) is 20.8 Å².